The Balaban J connectivity index is 1.50. The summed E-state index contributed by atoms with van der Waals surface area (Å²) in [5, 5.41) is 5.11. The Morgan fingerprint density at radius 2 is 2.00 bits per heavy atom. The molecule has 0 saturated heterocycles. The highest BCUT2D eigenvalue weighted by molar-refractivity contribution is 7.13. The summed E-state index contributed by atoms with van der Waals surface area (Å²) in [4.78, 5) is 28.3. The van der Waals surface area contributed by atoms with E-state index in [-0.39, 0.29) is 6.42 Å². The molecule has 1 N–H and O–H groups in total. The maximum atomic E-state index is 13.5. The Morgan fingerprint density at radius 3 is 2.75 bits per heavy atom. The first-order valence-electron chi connectivity index (χ1n) is 8.64. The average Bonchev–Trinajstić information content (AvgIpc) is 3.11. The number of rotatable bonds is 6. The average molecular weight is 398 g/mol. The lowest BCUT2D eigenvalue weighted by Gasteiger charge is -2.07. The number of carbonyl (C=O) groups is 2. The molecule has 0 fully saturated rings. The smallest absolute Gasteiger partial charge is 0.312 e. The number of amides is 1. The van der Waals surface area contributed by atoms with E-state index in [2.05, 4.69) is 10.3 Å². The number of aromatic nitrogens is 1. The van der Waals surface area contributed by atoms with Crippen LogP contribution in [-0.4, -0.2) is 23.5 Å². The molecule has 5 nitrogen and oxygen atoms in total. The van der Waals surface area contributed by atoms with Gasteiger partial charge < -0.3 is 10.1 Å². The minimum Gasteiger partial charge on any atom is -0.455 e. The Morgan fingerprint density at radius 1 is 1.18 bits per heavy atom. The Hall–Kier alpha value is -3.06. The van der Waals surface area contributed by atoms with E-state index in [9.17, 15) is 14.0 Å². The third-order valence-corrected chi connectivity index (χ3v) is 4.90. The van der Waals surface area contributed by atoms with Crippen LogP contribution >= 0.6 is 11.3 Å². The standard InChI is InChI=1S/C21H19FN2O3S/c1-13-4-3-5-15(8-13)21-24-17(12-28-21)10-20(26)27-11-19(25)23-16-7-6-14(2)18(22)9-16/h3-9,12H,10-11H2,1-2H3,(H,23,25). The van der Waals surface area contributed by atoms with Crippen molar-refractivity contribution in [1.82, 2.24) is 4.98 Å². The van der Waals surface area contributed by atoms with E-state index in [1.165, 1.54) is 17.4 Å². The summed E-state index contributed by atoms with van der Waals surface area (Å²) in [6, 6.07) is 12.3. The van der Waals surface area contributed by atoms with Crippen LogP contribution in [0.1, 0.15) is 16.8 Å². The van der Waals surface area contributed by atoms with Gasteiger partial charge in [0.1, 0.15) is 10.8 Å². The summed E-state index contributed by atoms with van der Waals surface area (Å²) in [6.07, 6.45) is -0.0191. The predicted octanol–water partition coefficient (Wildman–Crippen LogP) is 4.29. The maximum absolute atomic E-state index is 13.5. The first-order valence-corrected chi connectivity index (χ1v) is 9.52. The molecule has 0 saturated carbocycles. The van der Waals surface area contributed by atoms with E-state index < -0.39 is 24.3 Å². The van der Waals surface area contributed by atoms with Crippen LogP contribution in [0, 0.1) is 19.7 Å². The van der Waals surface area contributed by atoms with Gasteiger partial charge in [-0.05, 0) is 37.6 Å². The first kappa shape index (κ1) is 19.7. The molecule has 0 atom stereocenters. The number of nitrogens with zero attached hydrogens (tertiary/aromatic N) is 1. The molecule has 0 spiro atoms. The molecule has 0 unspecified atom stereocenters. The van der Waals surface area contributed by atoms with E-state index in [1.54, 1.807) is 24.4 Å². The van der Waals surface area contributed by atoms with Crippen LogP contribution < -0.4 is 5.32 Å². The third kappa shape index (κ3) is 5.23. The predicted molar refractivity (Wildman–Crippen MR) is 107 cm³/mol. The van der Waals surface area contributed by atoms with Crippen LogP contribution in [0.25, 0.3) is 10.6 Å². The van der Waals surface area contributed by atoms with Gasteiger partial charge in [-0.15, -0.1) is 11.3 Å². The number of hydrogen-bond donors (Lipinski definition) is 1. The molecule has 3 aromatic rings. The van der Waals surface area contributed by atoms with Gasteiger partial charge in [-0.1, -0.05) is 29.8 Å². The molecule has 1 heterocycles. The van der Waals surface area contributed by atoms with Gasteiger partial charge in [0.05, 0.1) is 12.1 Å². The van der Waals surface area contributed by atoms with E-state index in [4.69, 9.17) is 4.74 Å². The number of carbonyl (C=O) groups excluding carboxylic acids is 2. The van der Waals surface area contributed by atoms with Gasteiger partial charge in [-0.3, -0.25) is 9.59 Å². The number of esters is 1. The van der Waals surface area contributed by atoms with Crippen molar-refractivity contribution < 1.29 is 18.7 Å². The summed E-state index contributed by atoms with van der Waals surface area (Å²) in [6.45, 7) is 3.19. The molecule has 7 heteroatoms. The van der Waals surface area contributed by atoms with E-state index in [1.807, 2.05) is 31.2 Å². The fourth-order valence-corrected chi connectivity index (χ4v) is 3.33. The van der Waals surface area contributed by atoms with Gasteiger partial charge in [0, 0.05) is 16.6 Å². The lowest BCUT2D eigenvalue weighted by Crippen LogP contribution is -2.21. The van der Waals surface area contributed by atoms with Gasteiger partial charge in [-0.25, -0.2) is 9.37 Å². The van der Waals surface area contributed by atoms with Crippen molar-refractivity contribution in [3.8, 4) is 10.6 Å². The number of nitrogens with one attached hydrogen (secondary N) is 1. The minimum absolute atomic E-state index is 0.0191. The number of thiazole rings is 1. The normalized spacial score (nSPS) is 10.5. The number of aryl methyl sites for hydroxylation is 2. The molecule has 0 aliphatic rings. The second kappa shape index (κ2) is 8.75. The Bertz CT molecular complexity index is 1020. The zero-order valence-corrected chi connectivity index (χ0v) is 16.3. The molecule has 1 aromatic heterocycles. The van der Waals surface area contributed by atoms with Crippen LogP contribution in [0.15, 0.2) is 47.8 Å². The summed E-state index contributed by atoms with van der Waals surface area (Å²) in [5.41, 5.74) is 3.51. The highest BCUT2D eigenvalue weighted by Gasteiger charge is 2.12. The number of anilines is 1. The molecule has 28 heavy (non-hydrogen) atoms. The topological polar surface area (TPSA) is 68.3 Å². The van der Waals surface area contributed by atoms with Crippen molar-refractivity contribution >= 4 is 28.9 Å². The molecule has 3 rings (SSSR count). The largest absolute Gasteiger partial charge is 0.455 e. The Labute approximate surface area is 166 Å². The van der Waals surface area contributed by atoms with Gasteiger partial charge in [-0.2, -0.15) is 0 Å². The molecule has 0 aliphatic heterocycles. The summed E-state index contributed by atoms with van der Waals surface area (Å²) in [7, 11) is 0. The van der Waals surface area contributed by atoms with Crippen molar-refractivity contribution in [3.05, 3.63) is 70.5 Å². The van der Waals surface area contributed by atoms with Gasteiger partial charge in [0.2, 0.25) is 0 Å². The van der Waals surface area contributed by atoms with Crippen molar-refractivity contribution in [2.45, 2.75) is 20.3 Å². The fraction of sp³-hybridized carbons (Fsp3) is 0.190. The quantitative estimate of drug-likeness (QED) is 0.629. The molecule has 0 aliphatic carbocycles. The Kier molecular flexibility index (Phi) is 6.16. The molecular formula is C21H19FN2O3S. The minimum atomic E-state index is -0.550. The second-order valence-corrected chi connectivity index (χ2v) is 7.22. The lowest BCUT2D eigenvalue weighted by atomic mass is 10.1. The van der Waals surface area contributed by atoms with Crippen LogP contribution in [0.3, 0.4) is 0 Å². The lowest BCUT2D eigenvalue weighted by molar-refractivity contribution is -0.146. The number of hydrogen-bond acceptors (Lipinski definition) is 5. The molecule has 144 valence electrons. The molecule has 0 bridgehead atoms. The zero-order valence-electron chi connectivity index (χ0n) is 15.5. The summed E-state index contributed by atoms with van der Waals surface area (Å²) in [5.74, 6) is -1.50. The summed E-state index contributed by atoms with van der Waals surface area (Å²) >= 11 is 1.45. The monoisotopic (exact) mass is 398 g/mol. The van der Waals surface area contributed by atoms with E-state index >= 15 is 0 Å². The zero-order chi connectivity index (χ0) is 20.1. The highest BCUT2D eigenvalue weighted by Crippen LogP contribution is 2.24. The number of halogens is 1. The highest BCUT2D eigenvalue weighted by atomic mass is 32.1. The van der Waals surface area contributed by atoms with Crippen LogP contribution in [0.2, 0.25) is 0 Å². The van der Waals surface area contributed by atoms with Crippen LogP contribution in [0.4, 0.5) is 10.1 Å². The van der Waals surface area contributed by atoms with Gasteiger partial charge >= 0.3 is 5.97 Å². The van der Waals surface area contributed by atoms with Crippen molar-refractivity contribution in [3.63, 3.8) is 0 Å². The maximum Gasteiger partial charge on any atom is 0.312 e. The van der Waals surface area contributed by atoms with E-state index in [0.29, 0.717) is 16.9 Å². The second-order valence-electron chi connectivity index (χ2n) is 6.36. The van der Waals surface area contributed by atoms with Crippen LogP contribution in [0.5, 0.6) is 0 Å². The van der Waals surface area contributed by atoms with Gasteiger partial charge in [0.25, 0.3) is 5.91 Å². The number of benzene rings is 2. The first-order chi connectivity index (χ1) is 13.4. The SMILES string of the molecule is Cc1cccc(-c2nc(CC(=O)OCC(=O)Nc3ccc(C)c(F)c3)cs2)c1. The van der Waals surface area contributed by atoms with Crippen LogP contribution in [-0.2, 0) is 20.7 Å². The van der Waals surface area contributed by atoms with Crippen molar-refractivity contribution in [1.29, 1.82) is 0 Å². The number of ether oxygens (including phenoxy) is 1. The van der Waals surface area contributed by atoms with E-state index in [0.717, 1.165) is 16.1 Å². The molecule has 2 aromatic carbocycles. The van der Waals surface area contributed by atoms with Gasteiger partial charge in [0.15, 0.2) is 6.61 Å². The molecule has 1 amide bonds. The van der Waals surface area contributed by atoms with Crippen molar-refractivity contribution in [2.24, 2.45) is 0 Å². The fourth-order valence-electron chi connectivity index (χ4n) is 2.51. The summed E-state index contributed by atoms with van der Waals surface area (Å²) < 4.78 is 18.5. The van der Waals surface area contributed by atoms with Crippen molar-refractivity contribution in [2.75, 3.05) is 11.9 Å². The molecule has 0 radical (unpaired) electrons. The molecular weight excluding hydrogens is 379 g/mol. The third-order valence-electron chi connectivity index (χ3n) is 3.96.